The molecule has 0 amide bonds. The van der Waals surface area contributed by atoms with Gasteiger partial charge >= 0.3 is 0 Å². The fraction of sp³-hybridized carbons (Fsp3) is 0.176. The molecule has 1 heterocycles. The number of aryl methyl sites for hydroxylation is 1. The van der Waals surface area contributed by atoms with E-state index >= 15 is 0 Å². The van der Waals surface area contributed by atoms with Crippen LogP contribution in [0.5, 0.6) is 0 Å². The van der Waals surface area contributed by atoms with Gasteiger partial charge in [-0.05, 0) is 23.3 Å². The lowest BCUT2D eigenvalue weighted by molar-refractivity contribution is 0.102. The van der Waals surface area contributed by atoms with Gasteiger partial charge in [0.15, 0.2) is 5.78 Å². The second-order valence-electron chi connectivity index (χ2n) is 4.89. The molecule has 0 atom stereocenters. The first-order valence-corrected chi connectivity index (χ1v) is 7.40. The molecule has 20 heavy (non-hydrogen) atoms. The first-order chi connectivity index (χ1) is 9.65. The number of benzene rings is 2. The minimum absolute atomic E-state index is 0.101. The summed E-state index contributed by atoms with van der Waals surface area (Å²) in [6, 6.07) is 14.7. The lowest BCUT2D eigenvalue weighted by Crippen LogP contribution is -1.90. The second-order valence-corrected chi connectivity index (χ2v) is 5.98. The Labute approximate surface area is 122 Å². The highest BCUT2D eigenvalue weighted by Crippen LogP contribution is 2.25. The molecule has 0 aliphatic heterocycles. The molecule has 2 nitrogen and oxygen atoms in total. The fourth-order valence-electron chi connectivity index (χ4n) is 2.46. The Balaban J connectivity index is 2.01. The van der Waals surface area contributed by atoms with Gasteiger partial charge < -0.3 is 0 Å². The summed E-state index contributed by atoms with van der Waals surface area (Å²) < 4.78 is 0. The SMILES string of the molecule is CC(=O)c1sc(Cc2cccc3ccccc23)nc1C. The maximum Gasteiger partial charge on any atom is 0.171 e. The van der Waals surface area contributed by atoms with Crippen LogP contribution in [-0.2, 0) is 6.42 Å². The molecule has 0 bridgehead atoms. The predicted molar refractivity (Wildman–Crippen MR) is 83.6 cm³/mol. The molecule has 0 saturated carbocycles. The zero-order valence-electron chi connectivity index (χ0n) is 11.5. The van der Waals surface area contributed by atoms with E-state index in [1.54, 1.807) is 6.92 Å². The number of carbonyl (C=O) groups is 1. The van der Waals surface area contributed by atoms with E-state index in [1.807, 2.05) is 13.0 Å². The Morgan fingerprint density at radius 3 is 2.65 bits per heavy atom. The summed E-state index contributed by atoms with van der Waals surface area (Å²) in [4.78, 5) is 16.8. The molecular formula is C17H15NOS. The Bertz CT molecular complexity index is 783. The number of carbonyl (C=O) groups excluding carboxylic acids is 1. The van der Waals surface area contributed by atoms with Gasteiger partial charge in [0.2, 0.25) is 0 Å². The normalized spacial score (nSPS) is 10.9. The van der Waals surface area contributed by atoms with Crippen molar-refractivity contribution < 1.29 is 4.79 Å². The molecule has 0 saturated heterocycles. The number of thiazole rings is 1. The van der Waals surface area contributed by atoms with Crippen molar-refractivity contribution in [1.29, 1.82) is 0 Å². The molecule has 0 fully saturated rings. The summed E-state index contributed by atoms with van der Waals surface area (Å²) in [5, 5.41) is 3.50. The first-order valence-electron chi connectivity index (χ1n) is 6.59. The van der Waals surface area contributed by atoms with Crippen molar-refractivity contribution in [3.05, 3.63) is 63.6 Å². The maximum absolute atomic E-state index is 11.5. The van der Waals surface area contributed by atoms with Gasteiger partial charge in [-0.15, -0.1) is 11.3 Å². The summed E-state index contributed by atoms with van der Waals surface area (Å²) in [5.41, 5.74) is 2.10. The van der Waals surface area contributed by atoms with Crippen molar-refractivity contribution in [2.75, 3.05) is 0 Å². The highest BCUT2D eigenvalue weighted by molar-refractivity contribution is 7.13. The zero-order chi connectivity index (χ0) is 14.1. The van der Waals surface area contributed by atoms with E-state index in [2.05, 4.69) is 41.4 Å². The highest BCUT2D eigenvalue weighted by atomic mass is 32.1. The third-order valence-electron chi connectivity index (χ3n) is 3.38. The molecule has 3 aromatic rings. The van der Waals surface area contributed by atoms with Gasteiger partial charge in [0.1, 0.15) is 0 Å². The number of nitrogens with zero attached hydrogens (tertiary/aromatic N) is 1. The molecule has 3 rings (SSSR count). The fourth-order valence-corrected chi connectivity index (χ4v) is 3.45. The zero-order valence-corrected chi connectivity index (χ0v) is 12.3. The van der Waals surface area contributed by atoms with Gasteiger partial charge in [-0.2, -0.15) is 0 Å². The summed E-state index contributed by atoms with van der Waals surface area (Å²) in [7, 11) is 0. The van der Waals surface area contributed by atoms with Crippen LogP contribution in [0.4, 0.5) is 0 Å². The summed E-state index contributed by atoms with van der Waals surface area (Å²) >= 11 is 1.51. The number of fused-ring (bicyclic) bond motifs is 1. The smallest absolute Gasteiger partial charge is 0.171 e. The van der Waals surface area contributed by atoms with E-state index in [4.69, 9.17) is 0 Å². The van der Waals surface area contributed by atoms with E-state index in [0.29, 0.717) is 0 Å². The average Bonchev–Trinajstić information content (AvgIpc) is 2.80. The standard InChI is InChI=1S/C17H15NOS/c1-11-17(12(2)19)20-16(18-11)10-14-8-5-7-13-6-3-4-9-15(13)14/h3-9H,10H2,1-2H3. The van der Waals surface area contributed by atoms with Crippen LogP contribution in [0.15, 0.2) is 42.5 Å². The largest absolute Gasteiger partial charge is 0.294 e. The molecule has 0 radical (unpaired) electrons. The van der Waals surface area contributed by atoms with Crippen molar-refractivity contribution in [2.45, 2.75) is 20.3 Å². The Kier molecular flexibility index (Phi) is 3.36. The maximum atomic E-state index is 11.5. The quantitative estimate of drug-likeness (QED) is 0.666. The first kappa shape index (κ1) is 13.0. The minimum atomic E-state index is 0.101. The third-order valence-corrected chi connectivity index (χ3v) is 4.64. The van der Waals surface area contributed by atoms with Crippen LogP contribution in [0.1, 0.15) is 32.9 Å². The van der Waals surface area contributed by atoms with Crippen molar-refractivity contribution in [3.8, 4) is 0 Å². The molecule has 0 aliphatic carbocycles. The Morgan fingerprint density at radius 2 is 1.90 bits per heavy atom. The molecule has 2 aromatic carbocycles. The average molecular weight is 281 g/mol. The van der Waals surface area contributed by atoms with Crippen LogP contribution in [-0.4, -0.2) is 10.8 Å². The second kappa shape index (κ2) is 5.17. The monoisotopic (exact) mass is 281 g/mol. The van der Waals surface area contributed by atoms with Gasteiger partial charge in [-0.25, -0.2) is 4.98 Å². The minimum Gasteiger partial charge on any atom is -0.294 e. The van der Waals surface area contributed by atoms with Crippen molar-refractivity contribution in [1.82, 2.24) is 4.98 Å². The molecule has 3 heteroatoms. The number of rotatable bonds is 3. The van der Waals surface area contributed by atoms with Crippen molar-refractivity contribution >= 4 is 27.9 Å². The van der Waals surface area contributed by atoms with Gasteiger partial charge in [-0.1, -0.05) is 42.5 Å². The van der Waals surface area contributed by atoms with Crippen LogP contribution in [0.2, 0.25) is 0 Å². The molecule has 0 N–H and O–H groups in total. The Hall–Kier alpha value is -2.00. The number of hydrogen-bond acceptors (Lipinski definition) is 3. The third kappa shape index (κ3) is 2.37. The van der Waals surface area contributed by atoms with E-state index < -0.39 is 0 Å². The topological polar surface area (TPSA) is 30.0 Å². The molecular weight excluding hydrogens is 266 g/mol. The molecule has 0 aliphatic rings. The summed E-state index contributed by atoms with van der Waals surface area (Å²) in [6.07, 6.45) is 0.778. The van der Waals surface area contributed by atoms with Crippen molar-refractivity contribution in [2.24, 2.45) is 0 Å². The molecule has 0 unspecified atom stereocenters. The van der Waals surface area contributed by atoms with E-state index in [9.17, 15) is 4.79 Å². The molecule has 0 spiro atoms. The van der Waals surface area contributed by atoms with Crippen LogP contribution in [0.25, 0.3) is 10.8 Å². The predicted octanol–water partition coefficient (Wildman–Crippen LogP) is 4.40. The van der Waals surface area contributed by atoms with Crippen LogP contribution in [0, 0.1) is 6.92 Å². The number of Topliss-reactive ketones (excluding diaryl/α,β-unsaturated/α-hetero) is 1. The van der Waals surface area contributed by atoms with Gasteiger partial charge in [-0.3, -0.25) is 4.79 Å². The van der Waals surface area contributed by atoms with Gasteiger partial charge in [0.05, 0.1) is 15.6 Å². The number of hydrogen-bond donors (Lipinski definition) is 0. The lowest BCUT2D eigenvalue weighted by atomic mass is 10.0. The van der Waals surface area contributed by atoms with Crippen LogP contribution < -0.4 is 0 Å². The van der Waals surface area contributed by atoms with E-state index in [1.165, 1.54) is 27.7 Å². The summed E-state index contributed by atoms with van der Waals surface area (Å²) in [6.45, 7) is 3.50. The van der Waals surface area contributed by atoms with E-state index in [0.717, 1.165) is 22.0 Å². The van der Waals surface area contributed by atoms with Gasteiger partial charge in [0, 0.05) is 13.3 Å². The van der Waals surface area contributed by atoms with Crippen molar-refractivity contribution in [3.63, 3.8) is 0 Å². The molecule has 100 valence electrons. The molecule has 1 aromatic heterocycles. The highest BCUT2D eigenvalue weighted by Gasteiger charge is 2.12. The summed E-state index contributed by atoms with van der Waals surface area (Å²) in [5.74, 6) is 0.101. The number of ketones is 1. The van der Waals surface area contributed by atoms with Crippen LogP contribution in [0.3, 0.4) is 0 Å². The number of aromatic nitrogens is 1. The Morgan fingerprint density at radius 1 is 1.15 bits per heavy atom. The van der Waals surface area contributed by atoms with Gasteiger partial charge in [0.25, 0.3) is 0 Å². The van der Waals surface area contributed by atoms with Crippen LogP contribution >= 0.6 is 11.3 Å². The lowest BCUT2D eigenvalue weighted by Gasteiger charge is -2.04. The van der Waals surface area contributed by atoms with E-state index in [-0.39, 0.29) is 5.78 Å².